The predicted octanol–water partition coefficient (Wildman–Crippen LogP) is 2.87. The molecule has 10 heteroatoms. The lowest BCUT2D eigenvalue weighted by Crippen LogP contribution is -2.22. The van der Waals surface area contributed by atoms with Gasteiger partial charge in [-0.05, 0) is 56.3 Å². The van der Waals surface area contributed by atoms with Gasteiger partial charge in [-0.2, -0.15) is 0 Å². The summed E-state index contributed by atoms with van der Waals surface area (Å²) in [6, 6.07) is 11.4. The van der Waals surface area contributed by atoms with Crippen molar-refractivity contribution in [2.24, 2.45) is 7.05 Å². The fourth-order valence-electron chi connectivity index (χ4n) is 3.91. The Morgan fingerprint density at radius 2 is 1.81 bits per heavy atom. The van der Waals surface area contributed by atoms with Crippen molar-refractivity contribution in [2.45, 2.75) is 39.4 Å². The van der Waals surface area contributed by atoms with Crippen LogP contribution in [0.15, 0.2) is 46.3 Å². The van der Waals surface area contributed by atoms with E-state index in [1.807, 2.05) is 80.4 Å². The molecule has 0 saturated carbocycles. The van der Waals surface area contributed by atoms with Crippen molar-refractivity contribution >= 4 is 17.5 Å². The van der Waals surface area contributed by atoms with E-state index in [4.69, 9.17) is 0 Å². The molecule has 166 valence electrons. The number of aromatic nitrogens is 7. The van der Waals surface area contributed by atoms with Crippen LogP contribution in [0, 0.1) is 20.8 Å². The maximum Gasteiger partial charge on any atom is 0.295 e. The molecule has 0 radical (unpaired) electrons. The fourth-order valence-corrected chi connectivity index (χ4v) is 4.73. The van der Waals surface area contributed by atoms with Gasteiger partial charge in [0.2, 0.25) is 5.16 Å². The molecule has 0 unspecified atom stereocenters. The molecule has 0 spiro atoms. The maximum atomic E-state index is 13.5. The third-order valence-corrected chi connectivity index (χ3v) is 6.57. The molecule has 32 heavy (non-hydrogen) atoms. The summed E-state index contributed by atoms with van der Waals surface area (Å²) in [6.45, 7) is 8.28. The summed E-state index contributed by atoms with van der Waals surface area (Å²) < 4.78 is 7.02. The third kappa shape index (κ3) is 3.60. The van der Waals surface area contributed by atoms with E-state index in [-0.39, 0.29) is 17.1 Å². The zero-order valence-corrected chi connectivity index (χ0v) is 19.6. The second-order valence-corrected chi connectivity index (χ2v) is 8.46. The lowest BCUT2D eigenvalue weighted by atomic mass is 10.2. The zero-order chi connectivity index (χ0) is 23.0. The van der Waals surface area contributed by atoms with Crippen LogP contribution in [0.1, 0.15) is 34.4 Å². The van der Waals surface area contributed by atoms with Crippen molar-refractivity contribution < 1.29 is 4.79 Å². The fraction of sp³-hybridized carbons (Fsp3) is 0.318. The number of tetrazole rings is 1. The van der Waals surface area contributed by atoms with Gasteiger partial charge in [0.05, 0.1) is 17.1 Å². The summed E-state index contributed by atoms with van der Waals surface area (Å²) in [5.41, 5.74) is 4.20. The third-order valence-electron chi connectivity index (χ3n) is 5.61. The van der Waals surface area contributed by atoms with Gasteiger partial charge >= 0.3 is 0 Å². The van der Waals surface area contributed by atoms with E-state index in [0.717, 1.165) is 22.8 Å². The molecule has 9 nitrogen and oxygen atoms in total. The zero-order valence-electron chi connectivity index (χ0n) is 18.7. The number of para-hydroxylation sites is 1. The van der Waals surface area contributed by atoms with E-state index in [0.29, 0.717) is 23.0 Å². The second-order valence-electron chi connectivity index (χ2n) is 7.52. The number of carbonyl (C=O) groups excluding carboxylic acids is 1. The average molecular weight is 452 g/mol. The molecule has 0 amide bonds. The SMILES string of the molecule is CCn1nnnc1SCC(=O)c1cc(C)n(-c2c(C)n(C)n(-c3ccccc3)c2=O)c1C. The van der Waals surface area contributed by atoms with Gasteiger partial charge in [0.15, 0.2) is 5.78 Å². The van der Waals surface area contributed by atoms with Crippen molar-refractivity contribution in [3.8, 4) is 11.4 Å². The second kappa shape index (κ2) is 8.62. The van der Waals surface area contributed by atoms with Crippen LogP contribution >= 0.6 is 11.8 Å². The summed E-state index contributed by atoms with van der Waals surface area (Å²) in [4.78, 5) is 26.5. The number of Topliss-reactive ketones (excluding diaryl/α,β-unsaturated/α-hetero) is 1. The predicted molar refractivity (Wildman–Crippen MR) is 123 cm³/mol. The Hall–Kier alpha value is -3.40. The van der Waals surface area contributed by atoms with E-state index in [1.54, 1.807) is 9.36 Å². The molecular weight excluding hydrogens is 426 g/mol. The minimum Gasteiger partial charge on any atom is -0.311 e. The van der Waals surface area contributed by atoms with Gasteiger partial charge in [-0.15, -0.1) is 5.10 Å². The van der Waals surface area contributed by atoms with Crippen molar-refractivity contribution in [3.05, 3.63) is 69.4 Å². The van der Waals surface area contributed by atoms with Gasteiger partial charge in [-0.1, -0.05) is 30.0 Å². The largest absolute Gasteiger partial charge is 0.311 e. The molecule has 0 aliphatic rings. The Morgan fingerprint density at radius 1 is 1.09 bits per heavy atom. The molecule has 4 rings (SSSR count). The maximum absolute atomic E-state index is 13.5. The van der Waals surface area contributed by atoms with Crippen LogP contribution in [0.25, 0.3) is 11.4 Å². The summed E-state index contributed by atoms with van der Waals surface area (Å²) in [6.07, 6.45) is 0. The first-order chi connectivity index (χ1) is 15.3. The highest BCUT2D eigenvalue weighted by molar-refractivity contribution is 7.99. The highest BCUT2D eigenvalue weighted by Gasteiger charge is 2.24. The number of benzene rings is 1. The lowest BCUT2D eigenvalue weighted by molar-refractivity contribution is 0.102. The molecule has 3 aromatic heterocycles. The molecular formula is C22H25N7O2S. The topological polar surface area (TPSA) is 92.5 Å². The first-order valence-electron chi connectivity index (χ1n) is 10.3. The summed E-state index contributed by atoms with van der Waals surface area (Å²) in [5.74, 6) is 0.184. The van der Waals surface area contributed by atoms with E-state index < -0.39 is 0 Å². The van der Waals surface area contributed by atoms with Crippen molar-refractivity contribution in [1.82, 2.24) is 34.1 Å². The average Bonchev–Trinajstić information content (AvgIpc) is 3.43. The molecule has 0 aliphatic heterocycles. The Balaban J connectivity index is 1.71. The standard InChI is InChI=1S/C22H25N7O2S/c1-6-27-22(23-24-25-27)32-13-19(30)18-12-14(2)28(15(18)3)20-16(4)26(5)29(21(20)31)17-10-8-7-9-11-17/h7-12H,6,13H2,1-5H3. The van der Waals surface area contributed by atoms with Crippen LogP contribution in [0.4, 0.5) is 0 Å². The van der Waals surface area contributed by atoms with Gasteiger partial charge in [0, 0.05) is 30.5 Å². The number of thioether (sulfide) groups is 1. The summed E-state index contributed by atoms with van der Waals surface area (Å²) >= 11 is 1.31. The quantitative estimate of drug-likeness (QED) is 0.317. The minimum absolute atomic E-state index is 0.0306. The first kappa shape index (κ1) is 21.8. The van der Waals surface area contributed by atoms with E-state index in [9.17, 15) is 9.59 Å². The van der Waals surface area contributed by atoms with Gasteiger partial charge in [0.25, 0.3) is 5.56 Å². The number of ketones is 1. The van der Waals surface area contributed by atoms with Gasteiger partial charge < -0.3 is 4.57 Å². The highest BCUT2D eigenvalue weighted by Crippen LogP contribution is 2.24. The molecule has 0 bridgehead atoms. The van der Waals surface area contributed by atoms with Crippen LogP contribution in [-0.4, -0.2) is 45.7 Å². The van der Waals surface area contributed by atoms with Gasteiger partial charge in [-0.25, -0.2) is 9.36 Å². The van der Waals surface area contributed by atoms with E-state index >= 15 is 0 Å². The molecule has 0 saturated heterocycles. The van der Waals surface area contributed by atoms with Crippen LogP contribution in [0.2, 0.25) is 0 Å². The summed E-state index contributed by atoms with van der Waals surface area (Å²) in [7, 11) is 1.86. The normalized spacial score (nSPS) is 11.3. The number of carbonyl (C=O) groups is 1. The van der Waals surface area contributed by atoms with Crippen molar-refractivity contribution in [1.29, 1.82) is 0 Å². The first-order valence-corrected chi connectivity index (χ1v) is 11.3. The number of aryl methyl sites for hydroxylation is 2. The molecule has 0 N–H and O–H groups in total. The van der Waals surface area contributed by atoms with Gasteiger partial charge in [0.1, 0.15) is 5.69 Å². The molecule has 0 atom stereocenters. The number of hydrogen-bond acceptors (Lipinski definition) is 6. The van der Waals surface area contributed by atoms with Crippen molar-refractivity contribution in [2.75, 3.05) is 5.75 Å². The Kier molecular flexibility index (Phi) is 5.88. The smallest absolute Gasteiger partial charge is 0.295 e. The number of rotatable bonds is 7. The number of nitrogens with zero attached hydrogens (tertiary/aromatic N) is 7. The molecule has 0 fully saturated rings. The van der Waals surface area contributed by atoms with Crippen LogP contribution in [0.5, 0.6) is 0 Å². The van der Waals surface area contributed by atoms with Gasteiger partial charge in [-0.3, -0.25) is 14.3 Å². The Bertz CT molecular complexity index is 1340. The van der Waals surface area contributed by atoms with E-state index in [2.05, 4.69) is 15.5 Å². The Labute approximate surface area is 189 Å². The van der Waals surface area contributed by atoms with Crippen LogP contribution in [0.3, 0.4) is 0 Å². The molecule has 1 aromatic carbocycles. The molecule has 4 aromatic rings. The monoisotopic (exact) mass is 451 g/mol. The van der Waals surface area contributed by atoms with Crippen molar-refractivity contribution in [3.63, 3.8) is 0 Å². The molecule has 0 aliphatic carbocycles. The minimum atomic E-state index is -0.131. The van der Waals surface area contributed by atoms with Crippen LogP contribution in [-0.2, 0) is 13.6 Å². The highest BCUT2D eigenvalue weighted by atomic mass is 32.2. The van der Waals surface area contributed by atoms with E-state index in [1.165, 1.54) is 11.8 Å². The van der Waals surface area contributed by atoms with Crippen LogP contribution < -0.4 is 5.56 Å². The summed E-state index contributed by atoms with van der Waals surface area (Å²) in [5, 5.41) is 12.1. The number of hydrogen-bond donors (Lipinski definition) is 0. The molecule has 3 heterocycles. The lowest BCUT2D eigenvalue weighted by Gasteiger charge is -2.08. The Morgan fingerprint density at radius 3 is 2.50 bits per heavy atom.